The molecule has 0 saturated heterocycles. The molecule has 0 spiro atoms. The molecule has 2 rings (SSSR count). The molecule has 1 aliphatic rings. The molecule has 3 nitrogen and oxygen atoms in total. The van der Waals surface area contributed by atoms with Crippen LogP contribution < -0.4 is 15.2 Å². The first-order chi connectivity index (χ1) is 6.77. The lowest BCUT2D eigenvalue weighted by Crippen LogP contribution is -2.15. The molecule has 2 N–H and O–H groups in total. The minimum Gasteiger partial charge on any atom is -0.486 e. The molecule has 1 heterocycles. The lowest BCUT2D eigenvalue weighted by atomic mass is 10.2. The topological polar surface area (TPSA) is 44.5 Å². The van der Waals surface area contributed by atoms with Crippen molar-refractivity contribution in [2.45, 2.75) is 20.8 Å². The molecule has 3 heteroatoms. The highest BCUT2D eigenvalue weighted by molar-refractivity contribution is 5.57. The maximum absolute atomic E-state index is 5.71. The van der Waals surface area contributed by atoms with E-state index in [0.29, 0.717) is 13.2 Å². The van der Waals surface area contributed by atoms with Crippen LogP contribution in [0.2, 0.25) is 0 Å². The molecule has 0 atom stereocenters. The van der Waals surface area contributed by atoms with Gasteiger partial charge in [0.1, 0.15) is 13.2 Å². The second-order valence-corrected chi connectivity index (χ2v) is 2.85. The molecule has 78 valence electrons. The number of fused-ring (bicyclic) bond motifs is 1. The molecule has 0 aliphatic carbocycles. The number of nitrogen functional groups attached to an aromatic ring is 1. The van der Waals surface area contributed by atoms with Crippen LogP contribution in [0.25, 0.3) is 0 Å². The Hall–Kier alpha value is -1.38. The van der Waals surface area contributed by atoms with Gasteiger partial charge in [0.05, 0.1) is 0 Å². The third-order valence-corrected chi connectivity index (χ3v) is 1.93. The third kappa shape index (κ3) is 2.10. The van der Waals surface area contributed by atoms with Crippen molar-refractivity contribution < 1.29 is 9.47 Å². The zero-order chi connectivity index (χ0) is 10.6. The van der Waals surface area contributed by atoms with Gasteiger partial charge >= 0.3 is 0 Å². The quantitative estimate of drug-likeness (QED) is 0.646. The molecular weight excluding hydrogens is 178 g/mol. The molecule has 0 fully saturated rings. The van der Waals surface area contributed by atoms with Gasteiger partial charge < -0.3 is 15.2 Å². The Bertz CT molecular complexity index is 279. The van der Waals surface area contributed by atoms with E-state index in [1.807, 2.05) is 32.9 Å². The summed E-state index contributed by atoms with van der Waals surface area (Å²) in [5, 5.41) is 0. The predicted octanol–water partition coefficient (Wildman–Crippen LogP) is 2.37. The summed E-state index contributed by atoms with van der Waals surface area (Å²) in [6.45, 7) is 7.18. The van der Waals surface area contributed by atoms with Crippen molar-refractivity contribution in [1.29, 1.82) is 0 Å². The number of hydrogen-bond donors (Lipinski definition) is 1. The van der Waals surface area contributed by atoms with Gasteiger partial charge in [0.25, 0.3) is 0 Å². The average molecular weight is 195 g/mol. The van der Waals surface area contributed by atoms with Crippen LogP contribution >= 0.6 is 0 Å². The summed E-state index contributed by atoms with van der Waals surface area (Å²) in [4.78, 5) is 0. The number of benzene rings is 1. The van der Waals surface area contributed by atoms with Gasteiger partial charge in [-0.2, -0.15) is 0 Å². The van der Waals surface area contributed by atoms with E-state index < -0.39 is 0 Å². The van der Waals surface area contributed by atoms with E-state index in [4.69, 9.17) is 15.2 Å². The zero-order valence-corrected chi connectivity index (χ0v) is 8.96. The Morgan fingerprint density at radius 1 is 1.07 bits per heavy atom. The van der Waals surface area contributed by atoms with Crippen molar-refractivity contribution in [1.82, 2.24) is 0 Å². The second-order valence-electron chi connectivity index (χ2n) is 2.85. The number of ether oxygens (including phenoxy) is 2. The lowest BCUT2D eigenvalue weighted by Gasteiger charge is -2.19. The lowest BCUT2D eigenvalue weighted by molar-refractivity contribution is 0.171. The van der Waals surface area contributed by atoms with E-state index in [0.717, 1.165) is 22.7 Å². The standard InChI is InChI=1S/C9H11NO2.C2H6/c1-6-4-8-9(5-7(6)10)12-3-2-11-8;1-2/h4-5H,2-3,10H2,1H3;1-2H3. The highest BCUT2D eigenvalue weighted by Gasteiger charge is 2.12. The van der Waals surface area contributed by atoms with Crippen LogP contribution in [0.4, 0.5) is 5.69 Å². The molecule has 0 bridgehead atoms. The minimum atomic E-state index is 0.607. The van der Waals surface area contributed by atoms with E-state index in [-0.39, 0.29) is 0 Å². The summed E-state index contributed by atoms with van der Waals surface area (Å²) in [5.41, 5.74) is 7.48. The number of aryl methyl sites for hydroxylation is 1. The van der Waals surface area contributed by atoms with Crippen molar-refractivity contribution in [3.05, 3.63) is 17.7 Å². The van der Waals surface area contributed by atoms with E-state index in [9.17, 15) is 0 Å². The van der Waals surface area contributed by atoms with Crippen molar-refractivity contribution in [2.24, 2.45) is 0 Å². The van der Waals surface area contributed by atoms with Crippen LogP contribution in [0.3, 0.4) is 0 Å². The number of hydrogen-bond acceptors (Lipinski definition) is 3. The second kappa shape index (κ2) is 4.74. The summed E-state index contributed by atoms with van der Waals surface area (Å²) in [6, 6.07) is 3.72. The normalized spacial score (nSPS) is 12.8. The summed E-state index contributed by atoms with van der Waals surface area (Å²) in [7, 11) is 0. The summed E-state index contributed by atoms with van der Waals surface area (Å²) >= 11 is 0. The first-order valence-corrected chi connectivity index (χ1v) is 4.93. The van der Waals surface area contributed by atoms with Crippen LogP contribution in [0.5, 0.6) is 11.5 Å². The molecule has 1 aromatic carbocycles. The first-order valence-electron chi connectivity index (χ1n) is 4.93. The highest BCUT2D eigenvalue weighted by Crippen LogP contribution is 2.33. The molecule has 0 amide bonds. The van der Waals surface area contributed by atoms with Gasteiger partial charge in [-0.25, -0.2) is 0 Å². The molecule has 0 unspecified atom stereocenters. The van der Waals surface area contributed by atoms with Gasteiger partial charge in [-0.1, -0.05) is 13.8 Å². The van der Waals surface area contributed by atoms with Crippen LogP contribution in [-0.2, 0) is 0 Å². The monoisotopic (exact) mass is 195 g/mol. The summed E-state index contributed by atoms with van der Waals surface area (Å²) < 4.78 is 10.7. The molecule has 1 aromatic rings. The van der Waals surface area contributed by atoms with E-state index in [1.54, 1.807) is 0 Å². The Labute approximate surface area is 84.8 Å². The largest absolute Gasteiger partial charge is 0.486 e. The molecule has 0 aromatic heterocycles. The van der Waals surface area contributed by atoms with Gasteiger partial charge in [-0.15, -0.1) is 0 Å². The molecule has 0 saturated carbocycles. The number of nitrogens with two attached hydrogens (primary N) is 1. The zero-order valence-electron chi connectivity index (χ0n) is 8.96. The van der Waals surface area contributed by atoms with Crippen LogP contribution in [-0.4, -0.2) is 13.2 Å². The van der Waals surface area contributed by atoms with Gasteiger partial charge in [0, 0.05) is 11.8 Å². The fraction of sp³-hybridized carbons (Fsp3) is 0.455. The SMILES string of the molecule is CC.Cc1cc2c(cc1N)OCCO2. The Balaban J connectivity index is 0.000000461. The molecule has 1 aliphatic heterocycles. The Morgan fingerprint density at radius 2 is 1.57 bits per heavy atom. The van der Waals surface area contributed by atoms with Gasteiger partial charge in [0.15, 0.2) is 11.5 Å². The van der Waals surface area contributed by atoms with Gasteiger partial charge in [0.2, 0.25) is 0 Å². The fourth-order valence-electron chi connectivity index (χ4n) is 1.21. The highest BCUT2D eigenvalue weighted by atomic mass is 16.6. The molecule has 14 heavy (non-hydrogen) atoms. The maximum atomic E-state index is 5.71. The maximum Gasteiger partial charge on any atom is 0.163 e. The average Bonchev–Trinajstić information content (AvgIpc) is 2.23. The minimum absolute atomic E-state index is 0.607. The van der Waals surface area contributed by atoms with Gasteiger partial charge in [-0.3, -0.25) is 0 Å². The smallest absolute Gasteiger partial charge is 0.163 e. The Kier molecular flexibility index (Phi) is 3.63. The van der Waals surface area contributed by atoms with Crippen LogP contribution in [0.15, 0.2) is 12.1 Å². The van der Waals surface area contributed by atoms with Crippen molar-refractivity contribution >= 4 is 5.69 Å². The van der Waals surface area contributed by atoms with E-state index >= 15 is 0 Å². The summed E-state index contributed by atoms with van der Waals surface area (Å²) in [6.07, 6.45) is 0. The first kappa shape index (κ1) is 10.7. The number of rotatable bonds is 0. The van der Waals surface area contributed by atoms with Crippen LogP contribution in [0, 0.1) is 6.92 Å². The van der Waals surface area contributed by atoms with Crippen molar-refractivity contribution in [2.75, 3.05) is 18.9 Å². The van der Waals surface area contributed by atoms with Crippen molar-refractivity contribution in [3.63, 3.8) is 0 Å². The molecule has 0 radical (unpaired) electrons. The third-order valence-electron chi connectivity index (χ3n) is 1.93. The van der Waals surface area contributed by atoms with Gasteiger partial charge in [-0.05, 0) is 18.6 Å². The van der Waals surface area contributed by atoms with Crippen molar-refractivity contribution in [3.8, 4) is 11.5 Å². The Morgan fingerprint density at radius 3 is 2.14 bits per heavy atom. The van der Waals surface area contributed by atoms with Crippen LogP contribution in [0.1, 0.15) is 19.4 Å². The van der Waals surface area contributed by atoms with E-state index in [2.05, 4.69) is 0 Å². The molecular formula is C11H17NO2. The van der Waals surface area contributed by atoms with E-state index in [1.165, 1.54) is 0 Å². The summed E-state index contributed by atoms with van der Waals surface area (Å²) in [5.74, 6) is 1.55. The fourth-order valence-corrected chi connectivity index (χ4v) is 1.21. The predicted molar refractivity (Wildman–Crippen MR) is 57.9 cm³/mol. The number of anilines is 1.